The highest BCUT2D eigenvalue weighted by Crippen LogP contribution is 1.99. The third-order valence-electron chi connectivity index (χ3n) is 1.43. The minimum Gasteiger partial charge on any atom is -0.339 e. The van der Waals surface area contributed by atoms with E-state index in [1.807, 2.05) is 6.08 Å². The number of carbonyl (C=O) groups excluding carboxylic acids is 1. The van der Waals surface area contributed by atoms with Gasteiger partial charge in [0, 0.05) is 20.0 Å². The Bertz CT molecular complexity index is 140. The van der Waals surface area contributed by atoms with E-state index in [-0.39, 0.29) is 5.91 Å². The standard InChI is InChI=1S/C7H10NO/c1-7(9)8-5-3-2-4-6-8/h3H,4-6H2,1H3. The van der Waals surface area contributed by atoms with Crippen molar-refractivity contribution in [3.8, 4) is 0 Å². The lowest BCUT2D eigenvalue weighted by Gasteiger charge is -2.20. The molecule has 1 aliphatic heterocycles. The van der Waals surface area contributed by atoms with Crippen molar-refractivity contribution in [2.24, 2.45) is 0 Å². The fourth-order valence-electron chi connectivity index (χ4n) is 0.854. The van der Waals surface area contributed by atoms with Gasteiger partial charge in [-0.3, -0.25) is 4.79 Å². The first kappa shape index (κ1) is 6.33. The Hall–Kier alpha value is -0.790. The fraction of sp³-hybridized carbons (Fsp3) is 0.571. The van der Waals surface area contributed by atoms with Gasteiger partial charge in [-0.25, -0.2) is 0 Å². The van der Waals surface area contributed by atoms with E-state index in [9.17, 15) is 4.79 Å². The van der Waals surface area contributed by atoms with Gasteiger partial charge in [-0.05, 0) is 12.5 Å². The van der Waals surface area contributed by atoms with Gasteiger partial charge in [0.05, 0.1) is 0 Å². The van der Waals surface area contributed by atoms with Gasteiger partial charge in [-0.2, -0.15) is 0 Å². The molecule has 0 aromatic carbocycles. The highest BCUT2D eigenvalue weighted by molar-refractivity contribution is 5.73. The molecule has 0 N–H and O–H groups in total. The zero-order chi connectivity index (χ0) is 6.69. The van der Waals surface area contributed by atoms with Crippen LogP contribution in [0, 0.1) is 6.08 Å². The van der Waals surface area contributed by atoms with Gasteiger partial charge in [-0.15, -0.1) is 0 Å². The van der Waals surface area contributed by atoms with E-state index in [1.54, 1.807) is 11.8 Å². The highest BCUT2D eigenvalue weighted by atomic mass is 16.2. The maximum atomic E-state index is 10.7. The molecule has 0 atom stereocenters. The van der Waals surface area contributed by atoms with Crippen LogP contribution in [-0.2, 0) is 4.79 Å². The topological polar surface area (TPSA) is 20.3 Å². The zero-order valence-electron chi connectivity index (χ0n) is 5.55. The Labute approximate surface area is 55.2 Å². The first-order valence-corrected chi connectivity index (χ1v) is 3.11. The van der Waals surface area contributed by atoms with E-state index in [0.717, 1.165) is 19.5 Å². The lowest BCUT2D eigenvalue weighted by molar-refractivity contribution is -0.128. The van der Waals surface area contributed by atoms with Crippen molar-refractivity contribution in [3.63, 3.8) is 0 Å². The van der Waals surface area contributed by atoms with E-state index in [4.69, 9.17) is 0 Å². The summed E-state index contributed by atoms with van der Waals surface area (Å²) in [5.41, 5.74) is 0. The van der Waals surface area contributed by atoms with Crippen LogP contribution in [0.25, 0.3) is 0 Å². The van der Waals surface area contributed by atoms with Crippen molar-refractivity contribution in [3.05, 3.63) is 12.2 Å². The van der Waals surface area contributed by atoms with Crippen LogP contribution in [0.1, 0.15) is 13.3 Å². The molecule has 2 nitrogen and oxygen atoms in total. The quantitative estimate of drug-likeness (QED) is 0.463. The Kier molecular flexibility index (Phi) is 1.88. The van der Waals surface area contributed by atoms with Gasteiger partial charge < -0.3 is 4.90 Å². The summed E-state index contributed by atoms with van der Waals surface area (Å²) >= 11 is 0. The monoisotopic (exact) mass is 124 g/mol. The molecule has 9 heavy (non-hydrogen) atoms. The van der Waals surface area contributed by atoms with Gasteiger partial charge in [0.25, 0.3) is 0 Å². The molecule has 1 heterocycles. The molecular weight excluding hydrogens is 114 g/mol. The van der Waals surface area contributed by atoms with Crippen LogP contribution in [0.2, 0.25) is 0 Å². The van der Waals surface area contributed by atoms with E-state index >= 15 is 0 Å². The minimum atomic E-state index is 0.160. The summed E-state index contributed by atoms with van der Waals surface area (Å²) in [6.45, 7) is 3.18. The largest absolute Gasteiger partial charge is 0.339 e. The zero-order valence-corrected chi connectivity index (χ0v) is 5.55. The summed E-state index contributed by atoms with van der Waals surface area (Å²) < 4.78 is 0. The van der Waals surface area contributed by atoms with Crippen molar-refractivity contribution < 1.29 is 4.79 Å². The molecule has 1 aliphatic rings. The fourth-order valence-corrected chi connectivity index (χ4v) is 0.854. The van der Waals surface area contributed by atoms with Gasteiger partial charge in [0.2, 0.25) is 5.91 Å². The molecule has 1 rings (SSSR count). The van der Waals surface area contributed by atoms with E-state index in [1.165, 1.54) is 0 Å². The number of carbonyl (C=O) groups is 1. The van der Waals surface area contributed by atoms with Crippen LogP contribution in [-0.4, -0.2) is 23.9 Å². The number of hydrogen-bond acceptors (Lipinski definition) is 1. The van der Waals surface area contributed by atoms with Gasteiger partial charge >= 0.3 is 0 Å². The van der Waals surface area contributed by atoms with Gasteiger partial charge in [-0.1, -0.05) is 6.08 Å². The van der Waals surface area contributed by atoms with E-state index in [2.05, 4.69) is 6.08 Å². The summed E-state index contributed by atoms with van der Waals surface area (Å²) in [4.78, 5) is 12.5. The minimum absolute atomic E-state index is 0.160. The third kappa shape index (κ3) is 1.56. The second-order valence-corrected chi connectivity index (χ2v) is 2.12. The Balaban J connectivity index is 2.44. The Morgan fingerprint density at radius 1 is 1.78 bits per heavy atom. The molecule has 0 fully saturated rings. The molecule has 49 valence electrons. The first-order valence-electron chi connectivity index (χ1n) is 3.11. The molecule has 0 bridgehead atoms. The van der Waals surface area contributed by atoms with E-state index < -0.39 is 0 Å². The summed E-state index contributed by atoms with van der Waals surface area (Å²) in [6.07, 6.45) is 5.85. The second-order valence-electron chi connectivity index (χ2n) is 2.12. The molecule has 1 radical (unpaired) electrons. The summed E-state index contributed by atoms with van der Waals surface area (Å²) in [5, 5.41) is 0. The lowest BCUT2D eigenvalue weighted by Crippen LogP contribution is -2.31. The molecule has 0 saturated carbocycles. The van der Waals surface area contributed by atoms with Crippen LogP contribution in [0.5, 0.6) is 0 Å². The first-order chi connectivity index (χ1) is 4.30. The van der Waals surface area contributed by atoms with Crippen LogP contribution in [0.15, 0.2) is 6.08 Å². The van der Waals surface area contributed by atoms with Gasteiger partial charge in [0.1, 0.15) is 0 Å². The van der Waals surface area contributed by atoms with Crippen molar-refractivity contribution in [2.75, 3.05) is 13.1 Å². The molecule has 0 unspecified atom stereocenters. The molecule has 2 heteroatoms. The predicted octanol–water partition coefficient (Wildman–Crippen LogP) is 0.598. The Morgan fingerprint density at radius 3 is 2.89 bits per heavy atom. The number of hydrogen-bond donors (Lipinski definition) is 0. The van der Waals surface area contributed by atoms with Crippen molar-refractivity contribution >= 4 is 5.91 Å². The maximum absolute atomic E-state index is 10.7. The second kappa shape index (κ2) is 2.67. The van der Waals surface area contributed by atoms with Crippen LogP contribution in [0.4, 0.5) is 0 Å². The third-order valence-corrected chi connectivity index (χ3v) is 1.43. The number of amides is 1. The summed E-state index contributed by atoms with van der Waals surface area (Å²) in [5.74, 6) is 0.160. The SMILES string of the molecule is CC(=O)N1CC=[C]CC1. The smallest absolute Gasteiger partial charge is 0.219 e. The van der Waals surface area contributed by atoms with Gasteiger partial charge in [0.15, 0.2) is 0 Å². The van der Waals surface area contributed by atoms with E-state index in [0.29, 0.717) is 0 Å². The summed E-state index contributed by atoms with van der Waals surface area (Å²) in [6, 6.07) is 0. The predicted molar refractivity (Wildman–Crippen MR) is 34.7 cm³/mol. The van der Waals surface area contributed by atoms with Crippen molar-refractivity contribution in [1.29, 1.82) is 0 Å². The lowest BCUT2D eigenvalue weighted by atomic mass is 10.2. The summed E-state index contributed by atoms with van der Waals surface area (Å²) in [7, 11) is 0. The van der Waals surface area contributed by atoms with Crippen LogP contribution in [0.3, 0.4) is 0 Å². The molecule has 1 amide bonds. The Morgan fingerprint density at radius 2 is 2.56 bits per heavy atom. The number of nitrogens with zero attached hydrogens (tertiary/aromatic N) is 1. The molecule has 0 spiro atoms. The number of rotatable bonds is 0. The average Bonchev–Trinajstić information content (AvgIpc) is 1.90. The maximum Gasteiger partial charge on any atom is 0.219 e. The van der Waals surface area contributed by atoms with Crippen LogP contribution >= 0.6 is 0 Å². The molecule has 0 aromatic heterocycles. The molecule has 0 aromatic rings. The molecule has 0 saturated heterocycles. The van der Waals surface area contributed by atoms with Crippen molar-refractivity contribution in [2.45, 2.75) is 13.3 Å². The van der Waals surface area contributed by atoms with Crippen molar-refractivity contribution in [1.82, 2.24) is 4.90 Å². The average molecular weight is 124 g/mol. The highest BCUT2D eigenvalue weighted by Gasteiger charge is 2.07. The molecule has 0 aliphatic carbocycles. The molecular formula is C7H10NO. The normalized spacial score (nSPS) is 18.1. The van der Waals surface area contributed by atoms with Crippen LogP contribution < -0.4 is 0 Å².